The summed E-state index contributed by atoms with van der Waals surface area (Å²) in [6.07, 6.45) is 9.33. The van der Waals surface area contributed by atoms with Gasteiger partial charge in [-0.1, -0.05) is 31.2 Å². The highest BCUT2D eigenvalue weighted by Crippen LogP contribution is 2.34. The van der Waals surface area contributed by atoms with Crippen LogP contribution in [0.25, 0.3) is 6.08 Å². The lowest BCUT2D eigenvalue weighted by Gasteiger charge is -2.27. The first-order valence-electron chi connectivity index (χ1n) is 7.16. The predicted molar refractivity (Wildman–Crippen MR) is 83.0 cm³/mol. The number of rotatable bonds is 5. The van der Waals surface area contributed by atoms with E-state index in [-0.39, 0.29) is 0 Å². The van der Waals surface area contributed by atoms with Crippen molar-refractivity contribution in [2.24, 2.45) is 0 Å². The largest absolute Gasteiger partial charge is 0.507 e. The predicted octanol–water partition coefficient (Wildman–Crippen LogP) is 3.59. The number of allylic oxidation sites excluding steroid dienone is 2. The maximum Gasteiger partial charge on any atom is 0.134 e. The van der Waals surface area contributed by atoms with Gasteiger partial charge in [0.1, 0.15) is 11.5 Å². The second-order valence-corrected chi connectivity index (χ2v) is 5.12. The van der Waals surface area contributed by atoms with Crippen LogP contribution in [0.3, 0.4) is 0 Å². The molecular weight excluding hydrogens is 250 g/mol. The van der Waals surface area contributed by atoms with Gasteiger partial charge in [0.15, 0.2) is 0 Å². The zero-order valence-electron chi connectivity index (χ0n) is 12.1. The number of piperidine rings is 1. The lowest BCUT2D eigenvalue weighted by Crippen LogP contribution is -2.29. The van der Waals surface area contributed by atoms with Gasteiger partial charge in [0.05, 0.1) is 12.7 Å². The molecule has 0 bridgehead atoms. The van der Waals surface area contributed by atoms with Crippen LogP contribution in [0.4, 0.5) is 0 Å². The summed E-state index contributed by atoms with van der Waals surface area (Å²) >= 11 is 0. The molecule has 0 unspecified atom stereocenters. The summed E-state index contributed by atoms with van der Waals surface area (Å²) in [5.41, 5.74) is 1.85. The van der Waals surface area contributed by atoms with E-state index in [2.05, 4.69) is 11.5 Å². The maximum absolute atomic E-state index is 10.2. The first-order valence-corrected chi connectivity index (χ1v) is 7.16. The SMILES string of the molecule is C=C/C=C\c1ccc(O)c(CN2CCCCC2)c1OC. The fourth-order valence-electron chi connectivity index (χ4n) is 2.67. The van der Waals surface area contributed by atoms with Gasteiger partial charge in [0.2, 0.25) is 0 Å². The van der Waals surface area contributed by atoms with Crippen molar-refractivity contribution in [3.8, 4) is 11.5 Å². The molecule has 108 valence electrons. The zero-order chi connectivity index (χ0) is 14.4. The van der Waals surface area contributed by atoms with Gasteiger partial charge in [0, 0.05) is 12.1 Å². The molecule has 1 fully saturated rings. The first kappa shape index (κ1) is 14.7. The van der Waals surface area contributed by atoms with Crippen molar-refractivity contribution in [1.82, 2.24) is 4.90 Å². The van der Waals surface area contributed by atoms with E-state index in [1.165, 1.54) is 19.3 Å². The van der Waals surface area contributed by atoms with E-state index in [4.69, 9.17) is 4.74 Å². The van der Waals surface area contributed by atoms with Crippen LogP contribution in [-0.2, 0) is 6.54 Å². The summed E-state index contributed by atoms with van der Waals surface area (Å²) in [6.45, 7) is 6.61. The molecule has 1 aliphatic heterocycles. The molecule has 0 spiro atoms. The highest BCUT2D eigenvalue weighted by atomic mass is 16.5. The Morgan fingerprint density at radius 3 is 2.70 bits per heavy atom. The Kier molecular flexibility index (Phi) is 5.24. The Morgan fingerprint density at radius 1 is 1.30 bits per heavy atom. The minimum atomic E-state index is 0.308. The van der Waals surface area contributed by atoms with E-state index >= 15 is 0 Å². The number of methoxy groups -OCH3 is 1. The Bertz CT molecular complexity index is 488. The summed E-state index contributed by atoms with van der Waals surface area (Å²) in [7, 11) is 1.65. The van der Waals surface area contributed by atoms with Crippen LogP contribution in [0.5, 0.6) is 11.5 Å². The lowest BCUT2D eigenvalue weighted by atomic mass is 10.0. The van der Waals surface area contributed by atoms with E-state index in [0.717, 1.165) is 36.5 Å². The van der Waals surface area contributed by atoms with E-state index in [9.17, 15) is 5.11 Å². The summed E-state index contributed by atoms with van der Waals surface area (Å²) in [4.78, 5) is 2.38. The van der Waals surface area contributed by atoms with Gasteiger partial charge in [0.25, 0.3) is 0 Å². The van der Waals surface area contributed by atoms with Gasteiger partial charge in [-0.05, 0) is 38.1 Å². The number of aromatic hydroxyl groups is 1. The molecule has 20 heavy (non-hydrogen) atoms. The molecule has 0 saturated carbocycles. The second-order valence-electron chi connectivity index (χ2n) is 5.12. The third-order valence-electron chi connectivity index (χ3n) is 3.71. The third kappa shape index (κ3) is 3.42. The Morgan fingerprint density at radius 2 is 2.05 bits per heavy atom. The topological polar surface area (TPSA) is 32.7 Å². The maximum atomic E-state index is 10.2. The van der Waals surface area contributed by atoms with Gasteiger partial charge >= 0.3 is 0 Å². The molecule has 0 atom stereocenters. The number of phenols is 1. The molecule has 1 aromatic rings. The molecule has 1 N–H and O–H groups in total. The third-order valence-corrected chi connectivity index (χ3v) is 3.71. The number of ether oxygens (including phenoxy) is 1. The smallest absolute Gasteiger partial charge is 0.134 e. The number of benzene rings is 1. The molecular formula is C17H23NO2. The number of hydrogen-bond donors (Lipinski definition) is 1. The molecule has 0 aliphatic carbocycles. The van der Waals surface area contributed by atoms with E-state index in [0.29, 0.717) is 5.75 Å². The van der Waals surface area contributed by atoms with Crippen LogP contribution in [0.1, 0.15) is 30.4 Å². The number of likely N-dealkylation sites (tertiary alicyclic amines) is 1. The van der Waals surface area contributed by atoms with Crippen molar-refractivity contribution in [2.75, 3.05) is 20.2 Å². The van der Waals surface area contributed by atoms with Crippen LogP contribution >= 0.6 is 0 Å². The van der Waals surface area contributed by atoms with Crippen LogP contribution < -0.4 is 4.74 Å². The first-order chi connectivity index (χ1) is 9.76. The molecule has 0 amide bonds. The van der Waals surface area contributed by atoms with E-state index < -0.39 is 0 Å². The molecule has 2 rings (SSSR count). The second kappa shape index (κ2) is 7.15. The van der Waals surface area contributed by atoms with Gasteiger partial charge < -0.3 is 9.84 Å². The minimum Gasteiger partial charge on any atom is -0.507 e. The van der Waals surface area contributed by atoms with Crippen molar-refractivity contribution in [2.45, 2.75) is 25.8 Å². The molecule has 1 aliphatic rings. The molecule has 3 heteroatoms. The van der Waals surface area contributed by atoms with Crippen molar-refractivity contribution in [3.63, 3.8) is 0 Å². The molecule has 0 radical (unpaired) electrons. The van der Waals surface area contributed by atoms with E-state index in [1.807, 2.05) is 18.2 Å². The van der Waals surface area contributed by atoms with E-state index in [1.54, 1.807) is 19.3 Å². The van der Waals surface area contributed by atoms with Gasteiger partial charge in [-0.15, -0.1) is 0 Å². The zero-order valence-corrected chi connectivity index (χ0v) is 12.1. The van der Waals surface area contributed by atoms with Crippen LogP contribution in [0, 0.1) is 0 Å². The normalized spacial score (nSPS) is 16.4. The van der Waals surface area contributed by atoms with Crippen molar-refractivity contribution >= 4 is 6.08 Å². The Labute approximate surface area is 121 Å². The molecule has 1 saturated heterocycles. The molecule has 3 nitrogen and oxygen atoms in total. The van der Waals surface area contributed by atoms with Gasteiger partial charge in [-0.2, -0.15) is 0 Å². The highest BCUT2D eigenvalue weighted by Gasteiger charge is 2.17. The van der Waals surface area contributed by atoms with Crippen LogP contribution in [-0.4, -0.2) is 30.2 Å². The molecule has 1 aromatic carbocycles. The summed E-state index contributed by atoms with van der Waals surface area (Å²) in [6, 6.07) is 3.61. The summed E-state index contributed by atoms with van der Waals surface area (Å²) in [5.74, 6) is 1.07. The quantitative estimate of drug-likeness (QED) is 0.832. The Balaban J connectivity index is 2.29. The summed E-state index contributed by atoms with van der Waals surface area (Å²) < 4.78 is 5.52. The van der Waals surface area contributed by atoms with Gasteiger partial charge in [-0.3, -0.25) is 4.90 Å². The molecule has 1 heterocycles. The standard InChI is InChI=1S/C17H23NO2/c1-3-4-8-14-9-10-16(19)15(17(14)20-2)13-18-11-6-5-7-12-18/h3-4,8-10,19H,1,5-7,11-13H2,2H3/b8-4-. The average molecular weight is 273 g/mol. The van der Waals surface area contributed by atoms with Gasteiger partial charge in [-0.25, -0.2) is 0 Å². The average Bonchev–Trinajstić information content (AvgIpc) is 2.49. The van der Waals surface area contributed by atoms with Crippen molar-refractivity contribution in [1.29, 1.82) is 0 Å². The number of phenolic OH excluding ortho intramolecular Hbond substituents is 1. The van der Waals surface area contributed by atoms with Crippen LogP contribution in [0.2, 0.25) is 0 Å². The van der Waals surface area contributed by atoms with Crippen LogP contribution in [0.15, 0.2) is 30.9 Å². The lowest BCUT2D eigenvalue weighted by molar-refractivity contribution is 0.215. The van der Waals surface area contributed by atoms with Crippen molar-refractivity contribution in [3.05, 3.63) is 42.0 Å². The number of nitrogens with zero attached hydrogens (tertiary/aromatic N) is 1. The monoisotopic (exact) mass is 273 g/mol. The Hall–Kier alpha value is -1.74. The highest BCUT2D eigenvalue weighted by molar-refractivity contribution is 5.63. The summed E-state index contributed by atoms with van der Waals surface area (Å²) in [5, 5.41) is 10.2. The fraction of sp³-hybridized carbons (Fsp3) is 0.412. The minimum absolute atomic E-state index is 0.308. The molecule has 0 aromatic heterocycles. The number of hydrogen-bond acceptors (Lipinski definition) is 3. The van der Waals surface area contributed by atoms with Crippen molar-refractivity contribution < 1.29 is 9.84 Å². The fourth-order valence-corrected chi connectivity index (χ4v) is 2.67.